The summed E-state index contributed by atoms with van der Waals surface area (Å²) in [4.78, 5) is 0. The molecule has 1 aromatic rings. The molecule has 1 unspecified atom stereocenters. The Labute approximate surface area is 97.6 Å². The first-order chi connectivity index (χ1) is 7.66. The second-order valence-corrected chi connectivity index (χ2v) is 4.78. The van der Waals surface area contributed by atoms with E-state index < -0.39 is 0 Å². The zero-order valence-electron chi connectivity index (χ0n) is 10.5. The predicted octanol–water partition coefficient (Wildman–Crippen LogP) is 2.30. The van der Waals surface area contributed by atoms with Crippen molar-refractivity contribution in [3.63, 3.8) is 0 Å². The van der Waals surface area contributed by atoms with Gasteiger partial charge in [0.15, 0.2) is 0 Å². The monoisotopic (exact) mass is 222 g/mol. The van der Waals surface area contributed by atoms with E-state index in [1.807, 2.05) is 13.8 Å². The maximum absolute atomic E-state index is 5.57. The summed E-state index contributed by atoms with van der Waals surface area (Å²) in [6, 6.07) is 3.18. The molecule has 0 radical (unpaired) electrons. The van der Waals surface area contributed by atoms with E-state index >= 15 is 0 Å². The third kappa shape index (κ3) is 2.66. The van der Waals surface area contributed by atoms with E-state index in [1.54, 1.807) is 0 Å². The second kappa shape index (κ2) is 5.02. The van der Waals surface area contributed by atoms with E-state index in [0.717, 1.165) is 24.6 Å². The van der Waals surface area contributed by atoms with Gasteiger partial charge in [0.05, 0.1) is 0 Å². The Kier molecular flexibility index (Phi) is 3.66. The predicted molar refractivity (Wildman–Crippen MR) is 65.6 cm³/mol. The normalized spacial score (nSPS) is 19.9. The van der Waals surface area contributed by atoms with Gasteiger partial charge in [0.1, 0.15) is 11.5 Å². The average molecular weight is 222 g/mol. The summed E-state index contributed by atoms with van der Waals surface area (Å²) < 4.78 is 5.57. The summed E-state index contributed by atoms with van der Waals surface area (Å²) in [5.41, 5.74) is 1.30. The summed E-state index contributed by atoms with van der Waals surface area (Å²) in [7, 11) is 0. The number of furan rings is 1. The van der Waals surface area contributed by atoms with Gasteiger partial charge in [0, 0.05) is 17.6 Å². The van der Waals surface area contributed by atoms with Gasteiger partial charge in [0.25, 0.3) is 0 Å². The molecule has 2 N–H and O–H groups in total. The maximum atomic E-state index is 5.57. The van der Waals surface area contributed by atoms with Gasteiger partial charge < -0.3 is 15.1 Å². The Morgan fingerprint density at radius 2 is 2.06 bits per heavy atom. The molecule has 90 valence electrons. The van der Waals surface area contributed by atoms with Gasteiger partial charge in [0.2, 0.25) is 0 Å². The first kappa shape index (κ1) is 11.7. The summed E-state index contributed by atoms with van der Waals surface area (Å²) >= 11 is 0. The smallest absolute Gasteiger partial charge is 0.105 e. The molecule has 2 heterocycles. The van der Waals surface area contributed by atoms with Crippen LogP contribution in [0.15, 0.2) is 10.5 Å². The molecule has 0 saturated carbocycles. The summed E-state index contributed by atoms with van der Waals surface area (Å²) in [6.07, 6.45) is 2.44. The lowest BCUT2D eigenvalue weighted by Crippen LogP contribution is -2.40. The third-order valence-electron chi connectivity index (χ3n) is 3.37. The fourth-order valence-electron chi connectivity index (χ4n) is 2.51. The van der Waals surface area contributed by atoms with Crippen LogP contribution in [0.1, 0.15) is 42.9 Å². The Hall–Kier alpha value is -0.800. The third-order valence-corrected chi connectivity index (χ3v) is 3.37. The molecule has 1 atom stereocenters. The van der Waals surface area contributed by atoms with Crippen LogP contribution in [-0.2, 0) is 0 Å². The molecule has 1 fully saturated rings. The lowest BCUT2D eigenvalue weighted by Gasteiger charge is -2.27. The molecule has 1 saturated heterocycles. The van der Waals surface area contributed by atoms with Crippen LogP contribution in [0.5, 0.6) is 0 Å². The Bertz CT molecular complexity index is 340. The highest BCUT2D eigenvalue weighted by Gasteiger charge is 2.18. The molecular formula is C13H22N2O. The highest BCUT2D eigenvalue weighted by Crippen LogP contribution is 2.22. The lowest BCUT2D eigenvalue weighted by atomic mass is 10.0. The van der Waals surface area contributed by atoms with Crippen LogP contribution >= 0.6 is 0 Å². The van der Waals surface area contributed by atoms with Gasteiger partial charge in [-0.25, -0.2) is 0 Å². The van der Waals surface area contributed by atoms with Gasteiger partial charge in [-0.15, -0.1) is 0 Å². The fraction of sp³-hybridized carbons (Fsp3) is 0.692. The van der Waals surface area contributed by atoms with Crippen molar-refractivity contribution < 1.29 is 4.42 Å². The van der Waals surface area contributed by atoms with Crippen LogP contribution in [0, 0.1) is 13.8 Å². The minimum absolute atomic E-state index is 0.389. The summed E-state index contributed by atoms with van der Waals surface area (Å²) in [5.74, 6) is 2.05. The first-order valence-corrected chi connectivity index (χ1v) is 6.20. The van der Waals surface area contributed by atoms with E-state index in [4.69, 9.17) is 4.42 Å². The number of nitrogens with one attached hydrogen (secondary N) is 2. The van der Waals surface area contributed by atoms with Crippen molar-refractivity contribution in [3.05, 3.63) is 23.2 Å². The second-order valence-electron chi connectivity index (χ2n) is 4.78. The highest BCUT2D eigenvalue weighted by atomic mass is 16.3. The van der Waals surface area contributed by atoms with Crippen LogP contribution < -0.4 is 10.6 Å². The van der Waals surface area contributed by atoms with Crippen molar-refractivity contribution in [2.75, 3.05) is 13.1 Å². The van der Waals surface area contributed by atoms with Gasteiger partial charge in [-0.3, -0.25) is 0 Å². The number of hydrogen-bond donors (Lipinski definition) is 2. The SMILES string of the molecule is Cc1cc(C(C)NC2CCNCC2)c(C)o1. The van der Waals surface area contributed by atoms with Crippen LogP contribution in [0.2, 0.25) is 0 Å². The zero-order valence-corrected chi connectivity index (χ0v) is 10.5. The molecule has 1 aromatic heterocycles. The molecule has 3 heteroatoms. The lowest BCUT2D eigenvalue weighted by molar-refractivity contribution is 0.357. The Morgan fingerprint density at radius 3 is 2.62 bits per heavy atom. The molecule has 0 aromatic carbocycles. The molecule has 0 spiro atoms. The summed E-state index contributed by atoms with van der Waals surface area (Å²) in [5, 5.41) is 7.07. The molecular weight excluding hydrogens is 200 g/mol. The molecule has 0 amide bonds. The topological polar surface area (TPSA) is 37.2 Å². The van der Waals surface area contributed by atoms with Crippen molar-refractivity contribution in [1.82, 2.24) is 10.6 Å². The molecule has 0 bridgehead atoms. The minimum atomic E-state index is 0.389. The van der Waals surface area contributed by atoms with E-state index in [1.165, 1.54) is 18.4 Å². The number of aryl methyl sites for hydroxylation is 2. The quantitative estimate of drug-likeness (QED) is 0.824. The van der Waals surface area contributed by atoms with E-state index in [9.17, 15) is 0 Å². The molecule has 1 aliphatic rings. The largest absolute Gasteiger partial charge is 0.466 e. The van der Waals surface area contributed by atoms with Gasteiger partial charge >= 0.3 is 0 Å². The Morgan fingerprint density at radius 1 is 1.38 bits per heavy atom. The average Bonchev–Trinajstić information content (AvgIpc) is 2.59. The van der Waals surface area contributed by atoms with Gasteiger partial charge in [-0.2, -0.15) is 0 Å². The van der Waals surface area contributed by atoms with Crippen molar-refractivity contribution in [1.29, 1.82) is 0 Å². The first-order valence-electron chi connectivity index (χ1n) is 6.20. The molecule has 1 aliphatic heterocycles. The standard InChI is InChI=1S/C13H22N2O/c1-9-8-13(11(3)16-9)10(2)15-12-4-6-14-7-5-12/h8,10,12,14-15H,4-7H2,1-3H3. The molecule has 0 aliphatic carbocycles. The van der Waals surface area contributed by atoms with E-state index in [2.05, 4.69) is 23.6 Å². The van der Waals surface area contributed by atoms with Crippen molar-refractivity contribution in [2.24, 2.45) is 0 Å². The Balaban J connectivity index is 1.96. The molecule has 3 nitrogen and oxygen atoms in total. The zero-order chi connectivity index (χ0) is 11.5. The number of rotatable bonds is 3. The van der Waals surface area contributed by atoms with Crippen molar-refractivity contribution in [3.8, 4) is 0 Å². The van der Waals surface area contributed by atoms with Crippen LogP contribution in [-0.4, -0.2) is 19.1 Å². The van der Waals surface area contributed by atoms with Gasteiger partial charge in [-0.1, -0.05) is 0 Å². The van der Waals surface area contributed by atoms with Gasteiger partial charge in [-0.05, 0) is 52.8 Å². The summed E-state index contributed by atoms with van der Waals surface area (Å²) in [6.45, 7) is 8.54. The number of hydrogen-bond acceptors (Lipinski definition) is 3. The van der Waals surface area contributed by atoms with E-state index in [0.29, 0.717) is 12.1 Å². The van der Waals surface area contributed by atoms with Crippen molar-refractivity contribution >= 4 is 0 Å². The fourth-order valence-corrected chi connectivity index (χ4v) is 2.51. The van der Waals surface area contributed by atoms with Crippen LogP contribution in [0.3, 0.4) is 0 Å². The maximum Gasteiger partial charge on any atom is 0.105 e. The minimum Gasteiger partial charge on any atom is -0.466 e. The van der Waals surface area contributed by atoms with Crippen LogP contribution in [0.4, 0.5) is 0 Å². The molecule has 16 heavy (non-hydrogen) atoms. The van der Waals surface area contributed by atoms with Crippen molar-refractivity contribution in [2.45, 2.75) is 45.7 Å². The van der Waals surface area contributed by atoms with Crippen LogP contribution in [0.25, 0.3) is 0 Å². The highest BCUT2D eigenvalue weighted by molar-refractivity contribution is 5.23. The van der Waals surface area contributed by atoms with E-state index in [-0.39, 0.29) is 0 Å². The molecule has 2 rings (SSSR count). The number of piperidine rings is 1.